The molecule has 4 aromatic carbocycles. The van der Waals surface area contributed by atoms with E-state index < -0.39 is 24.4 Å². The van der Waals surface area contributed by atoms with Crippen LogP contribution in [0.2, 0.25) is 0 Å². The average Bonchev–Trinajstić information content (AvgIpc) is 3.27. The molecule has 0 aliphatic carbocycles. The smallest absolute Gasteiger partial charge is 0.378 e. The number of hydrogen-bond donors (Lipinski definition) is 2. The molecule has 0 atom stereocenters. The molecular formula is C42H45F3N6O7. The average molecular weight is 803 g/mol. The molecule has 2 heterocycles. The molecule has 4 aromatic rings. The first-order chi connectivity index (χ1) is 27.9. The number of hydrogen-bond acceptors (Lipinski definition) is 8. The van der Waals surface area contributed by atoms with Crippen LogP contribution in [0, 0.1) is 0 Å². The van der Waals surface area contributed by atoms with Crippen LogP contribution in [0.3, 0.4) is 0 Å². The largest absolute Gasteiger partial charge is 0.471 e. The van der Waals surface area contributed by atoms with Gasteiger partial charge in [0.2, 0.25) is 0 Å². The molecule has 0 spiro atoms. The SMILES string of the molecule is NCC(=O)c1ccc(CN(C(=O)N2CCOCC2)c2ccccc2)cc1.O=C(CNC(=O)C(F)(F)F)c1ccc(CN(C(=O)N2CCOCC2)c2ccccc2)cc1. The number of Topliss-reactive ketones (excluding diaryl/α,β-unsaturated/α-hetero) is 2. The van der Waals surface area contributed by atoms with Crippen LogP contribution in [-0.2, 0) is 27.4 Å². The van der Waals surface area contributed by atoms with Crippen LogP contribution in [0.25, 0.3) is 0 Å². The van der Waals surface area contributed by atoms with E-state index in [0.717, 1.165) is 16.8 Å². The van der Waals surface area contributed by atoms with Gasteiger partial charge in [-0.3, -0.25) is 24.2 Å². The van der Waals surface area contributed by atoms with Gasteiger partial charge in [0.05, 0.1) is 52.6 Å². The zero-order valence-corrected chi connectivity index (χ0v) is 31.7. The van der Waals surface area contributed by atoms with E-state index in [4.69, 9.17) is 15.2 Å². The molecule has 6 rings (SSSR count). The van der Waals surface area contributed by atoms with Gasteiger partial charge in [-0.15, -0.1) is 0 Å². The standard InChI is InChI=1S/C22H22F3N3O4.C20H23N3O3/c23-22(24,25)20(30)26-14-19(29)17-8-6-16(7-9-17)15-28(18-4-2-1-3-5-18)21(31)27-10-12-32-13-11-27;21-14-19(24)17-8-6-16(7-9-17)15-23(18-4-2-1-3-5-18)20(25)22-10-12-26-13-11-22/h1-9H,10-15H2,(H,26,30);1-9H,10-15,21H2. The Morgan fingerprint density at radius 1 is 0.586 bits per heavy atom. The fourth-order valence-electron chi connectivity index (χ4n) is 6.04. The summed E-state index contributed by atoms with van der Waals surface area (Å²) in [7, 11) is 0. The number of ketones is 2. The van der Waals surface area contributed by atoms with Gasteiger partial charge in [0.1, 0.15) is 0 Å². The van der Waals surface area contributed by atoms with E-state index in [0.29, 0.717) is 70.4 Å². The van der Waals surface area contributed by atoms with E-state index in [2.05, 4.69) is 0 Å². The first-order valence-corrected chi connectivity index (χ1v) is 18.6. The summed E-state index contributed by atoms with van der Waals surface area (Å²) < 4.78 is 47.4. The molecule has 58 heavy (non-hydrogen) atoms. The Labute approximate surface area is 334 Å². The lowest BCUT2D eigenvalue weighted by atomic mass is 10.1. The van der Waals surface area contributed by atoms with Crippen molar-refractivity contribution in [3.63, 3.8) is 0 Å². The topological polar surface area (TPSA) is 155 Å². The molecule has 3 N–H and O–H groups in total. The number of benzene rings is 4. The Morgan fingerprint density at radius 2 is 0.966 bits per heavy atom. The number of rotatable bonds is 11. The van der Waals surface area contributed by atoms with E-state index in [9.17, 15) is 37.1 Å². The van der Waals surface area contributed by atoms with Gasteiger partial charge < -0.3 is 30.3 Å². The summed E-state index contributed by atoms with van der Waals surface area (Å²) in [5.74, 6) is -2.91. The van der Waals surface area contributed by atoms with Crippen LogP contribution >= 0.6 is 0 Å². The number of morpholine rings is 2. The van der Waals surface area contributed by atoms with E-state index in [1.807, 2.05) is 77.7 Å². The van der Waals surface area contributed by atoms with Crippen LogP contribution < -0.4 is 20.9 Å². The zero-order chi connectivity index (χ0) is 41.5. The van der Waals surface area contributed by atoms with Gasteiger partial charge in [-0.2, -0.15) is 13.2 Å². The number of nitrogens with zero attached hydrogens (tertiary/aromatic N) is 4. The van der Waals surface area contributed by atoms with Gasteiger partial charge in [-0.25, -0.2) is 9.59 Å². The highest BCUT2D eigenvalue weighted by Gasteiger charge is 2.38. The quantitative estimate of drug-likeness (QED) is 0.194. The minimum Gasteiger partial charge on any atom is -0.378 e. The number of amides is 5. The van der Waals surface area contributed by atoms with Gasteiger partial charge in [0.25, 0.3) is 0 Å². The molecule has 0 bridgehead atoms. The number of halogens is 3. The summed E-state index contributed by atoms with van der Waals surface area (Å²) in [5.41, 5.74) is 9.37. The highest BCUT2D eigenvalue weighted by atomic mass is 19.4. The maximum atomic E-state index is 13.1. The molecule has 306 valence electrons. The highest BCUT2D eigenvalue weighted by molar-refractivity contribution is 6.00. The third-order valence-corrected chi connectivity index (χ3v) is 9.25. The predicted octanol–water partition coefficient (Wildman–Crippen LogP) is 5.29. The summed E-state index contributed by atoms with van der Waals surface area (Å²) in [6.07, 6.45) is -5.04. The van der Waals surface area contributed by atoms with Crippen molar-refractivity contribution in [1.82, 2.24) is 15.1 Å². The summed E-state index contributed by atoms with van der Waals surface area (Å²) in [6.45, 7) is 4.10. The minimum atomic E-state index is -5.04. The third-order valence-electron chi connectivity index (χ3n) is 9.25. The van der Waals surface area contributed by atoms with E-state index in [1.54, 1.807) is 44.3 Å². The van der Waals surface area contributed by atoms with Crippen molar-refractivity contribution in [1.29, 1.82) is 0 Å². The van der Waals surface area contributed by atoms with Crippen molar-refractivity contribution in [3.8, 4) is 0 Å². The monoisotopic (exact) mass is 802 g/mol. The summed E-state index contributed by atoms with van der Waals surface area (Å²) in [5, 5.41) is 1.56. The first kappa shape index (κ1) is 43.0. The van der Waals surface area contributed by atoms with Crippen LogP contribution in [0.1, 0.15) is 31.8 Å². The van der Waals surface area contributed by atoms with E-state index >= 15 is 0 Å². The van der Waals surface area contributed by atoms with Crippen LogP contribution in [0.15, 0.2) is 109 Å². The molecule has 2 saturated heterocycles. The summed E-state index contributed by atoms with van der Waals surface area (Å²) in [6, 6.07) is 31.9. The highest BCUT2D eigenvalue weighted by Crippen LogP contribution is 2.22. The number of nitrogens with one attached hydrogen (secondary N) is 1. The fraction of sp³-hybridized carbons (Fsp3) is 0.310. The lowest BCUT2D eigenvalue weighted by Crippen LogP contribution is -2.48. The number of carbonyl (C=O) groups is 5. The molecule has 0 radical (unpaired) electrons. The Bertz CT molecular complexity index is 1970. The molecule has 0 unspecified atom stereocenters. The number of urea groups is 2. The van der Waals surface area contributed by atoms with Gasteiger partial charge in [0, 0.05) is 48.7 Å². The van der Waals surface area contributed by atoms with Crippen molar-refractivity contribution in [2.45, 2.75) is 19.3 Å². The summed E-state index contributed by atoms with van der Waals surface area (Å²) >= 11 is 0. The van der Waals surface area contributed by atoms with Crippen LogP contribution in [0.5, 0.6) is 0 Å². The van der Waals surface area contributed by atoms with Crippen molar-refractivity contribution in [3.05, 3.63) is 131 Å². The maximum Gasteiger partial charge on any atom is 0.471 e. The molecule has 13 nitrogen and oxygen atoms in total. The number of carbonyl (C=O) groups excluding carboxylic acids is 5. The molecule has 2 aliphatic heterocycles. The summed E-state index contributed by atoms with van der Waals surface area (Å²) in [4.78, 5) is 67.7. The van der Waals surface area contributed by atoms with Crippen molar-refractivity contribution in [2.24, 2.45) is 5.73 Å². The van der Waals surface area contributed by atoms with Crippen molar-refractivity contribution >= 4 is 40.9 Å². The predicted molar refractivity (Wildman–Crippen MR) is 210 cm³/mol. The first-order valence-electron chi connectivity index (χ1n) is 18.6. The Kier molecular flexibility index (Phi) is 15.5. The molecular weight excluding hydrogens is 757 g/mol. The zero-order valence-electron chi connectivity index (χ0n) is 31.7. The van der Waals surface area contributed by atoms with Gasteiger partial charge >= 0.3 is 24.1 Å². The second-order valence-corrected chi connectivity index (χ2v) is 13.2. The molecule has 0 aromatic heterocycles. The number of para-hydroxylation sites is 2. The number of nitrogens with two attached hydrogens (primary N) is 1. The fourth-order valence-corrected chi connectivity index (χ4v) is 6.04. The van der Waals surface area contributed by atoms with Crippen LogP contribution in [-0.4, -0.2) is 111 Å². The lowest BCUT2D eigenvalue weighted by Gasteiger charge is -2.33. The van der Waals surface area contributed by atoms with Gasteiger partial charge in [-0.05, 0) is 35.4 Å². The molecule has 0 saturated carbocycles. The molecule has 16 heteroatoms. The van der Waals surface area contributed by atoms with Crippen molar-refractivity contribution < 1.29 is 46.6 Å². The number of alkyl halides is 3. The van der Waals surface area contributed by atoms with E-state index in [1.165, 1.54) is 12.1 Å². The second-order valence-electron chi connectivity index (χ2n) is 13.2. The number of anilines is 2. The normalized spacial score (nSPS) is 14.1. The number of ether oxygens (including phenoxy) is 2. The Hall–Kier alpha value is -6.10. The molecule has 2 fully saturated rings. The Morgan fingerprint density at radius 3 is 1.33 bits per heavy atom. The van der Waals surface area contributed by atoms with E-state index in [-0.39, 0.29) is 36.5 Å². The minimum absolute atomic E-state index is 0.00892. The van der Waals surface area contributed by atoms with Gasteiger partial charge in [0.15, 0.2) is 11.6 Å². The van der Waals surface area contributed by atoms with Crippen LogP contribution in [0.4, 0.5) is 34.1 Å². The second kappa shape index (κ2) is 20.9. The molecule has 2 aliphatic rings. The van der Waals surface area contributed by atoms with Crippen molar-refractivity contribution in [2.75, 3.05) is 75.5 Å². The molecule has 5 amide bonds. The van der Waals surface area contributed by atoms with Gasteiger partial charge in [-0.1, -0.05) is 84.9 Å². The Balaban J connectivity index is 0.000000226. The maximum absolute atomic E-state index is 13.1. The third kappa shape index (κ3) is 12.2. The lowest BCUT2D eigenvalue weighted by molar-refractivity contribution is -0.173.